The molecule has 0 saturated heterocycles. The number of carbonyl (C=O) groups excluding carboxylic acids is 1. The zero-order valence-corrected chi connectivity index (χ0v) is 12.0. The molecule has 1 aromatic rings. The van der Waals surface area contributed by atoms with Gasteiger partial charge in [-0.3, -0.25) is 9.59 Å². The van der Waals surface area contributed by atoms with Crippen molar-refractivity contribution in [1.29, 1.82) is 0 Å². The lowest BCUT2D eigenvalue weighted by molar-refractivity contribution is -0.147. The van der Waals surface area contributed by atoms with Crippen molar-refractivity contribution >= 4 is 28.3 Å². The number of anilines is 1. The van der Waals surface area contributed by atoms with Crippen LogP contribution in [0.1, 0.15) is 50.1 Å². The third-order valence-corrected chi connectivity index (χ3v) is 4.94. The van der Waals surface area contributed by atoms with Gasteiger partial charge in [-0.2, -0.15) is 0 Å². The first-order chi connectivity index (χ1) is 9.65. The van der Waals surface area contributed by atoms with Crippen LogP contribution in [0.25, 0.3) is 0 Å². The average Bonchev–Trinajstić information content (AvgIpc) is 3.19. The Balaban J connectivity index is 1.65. The quantitative estimate of drug-likeness (QED) is 0.895. The Bertz CT molecular complexity index is 524. The molecule has 0 aliphatic heterocycles. The van der Waals surface area contributed by atoms with Crippen LogP contribution < -0.4 is 5.32 Å². The van der Waals surface area contributed by atoms with Crippen molar-refractivity contribution in [2.75, 3.05) is 5.32 Å². The van der Waals surface area contributed by atoms with Crippen molar-refractivity contribution in [2.45, 2.75) is 44.4 Å². The van der Waals surface area contributed by atoms with Crippen LogP contribution in [0.4, 0.5) is 5.13 Å². The fourth-order valence-corrected chi connectivity index (χ4v) is 3.64. The summed E-state index contributed by atoms with van der Waals surface area (Å²) >= 11 is 1.43. The molecule has 0 aromatic carbocycles. The summed E-state index contributed by atoms with van der Waals surface area (Å²) in [7, 11) is 0. The molecule has 2 aliphatic carbocycles. The summed E-state index contributed by atoms with van der Waals surface area (Å²) in [5.41, 5.74) is 1.06. The lowest BCUT2D eigenvalue weighted by Crippen LogP contribution is -2.36. The molecule has 0 spiro atoms. The maximum Gasteiger partial charge on any atom is 0.307 e. The molecule has 108 valence electrons. The lowest BCUT2D eigenvalue weighted by atomic mass is 9.79. The maximum absolute atomic E-state index is 12.3. The third-order valence-electron chi connectivity index (χ3n) is 4.17. The Hall–Kier alpha value is -1.43. The number of thiazole rings is 1. The minimum Gasteiger partial charge on any atom is -0.481 e. The average molecular weight is 294 g/mol. The molecule has 2 aliphatic rings. The van der Waals surface area contributed by atoms with Gasteiger partial charge in [-0.15, -0.1) is 11.3 Å². The molecule has 1 aromatic heterocycles. The van der Waals surface area contributed by atoms with Gasteiger partial charge in [-0.1, -0.05) is 12.8 Å². The topological polar surface area (TPSA) is 79.3 Å². The molecule has 2 fully saturated rings. The molecule has 2 N–H and O–H groups in total. The van der Waals surface area contributed by atoms with Crippen LogP contribution in [0.15, 0.2) is 5.38 Å². The molecule has 20 heavy (non-hydrogen) atoms. The van der Waals surface area contributed by atoms with E-state index >= 15 is 0 Å². The van der Waals surface area contributed by atoms with E-state index in [0.717, 1.165) is 18.5 Å². The summed E-state index contributed by atoms with van der Waals surface area (Å²) in [6, 6.07) is 0. The number of hydrogen-bond donors (Lipinski definition) is 2. The van der Waals surface area contributed by atoms with E-state index in [1.54, 1.807) is 0 Å². The van der Waals surface area contributed by atoms with E-state index in [0.29, 0.717) is 23.9 Å². The predicted molar refractivity (Wildman–Crippen MR) is 75.8 cm³/mol. The van der Waals surface area contributed by atoms with E-state index in [2.05, 4.69) is 10.3 Å². The molecule has 1 amide bonds. The van der Waals surface area contributed by atoms with Crippen LogP contribution in [-0.4, -0.2) is 22.0 Å². The number of hydrogen-bond acceptors (Lipinski definition) is 4. The molecule has 2 saturated carbocycles. The van der Waals surface area contributed by atoms with Crippen molar-refractivity contribution in [2.24, 2.45) is 11.8 Å². The highest BCUT2D eigenvalue weighted by atomic mass is 32.1. The minimum absolute atomic E-state index is 0.186. The zero-order chi connectivity index (χ0) is 14.1. The number of amides is 1. The van der Waals surface area contributed by atoms with Gasteiger partial charge in [0, 0.05) is 11.3 Å². The second-order valence-electron chi connectivity index (χ2n) is 5.68. The Morgan fingerprint density at radius 1 is 1.20 bits per heavy atom. The van der Waals surface area contributed by atoms with E-state index < -0.39 is 17.8 Å². The fourth-order valence-electron chi connectivity index (χ4n) is 2.85. The smallest absolute Gasteiger partial charge is 0.307 e. The number of rotatable bonds is 4. The molecular weight excluding hydrogens is 276 g/mol. The van der Waals surface area contributed by atoms with Crippen molar-refractivity contribution < 1.29 is 14.7 Å². The lowest BCUT2D eigenvalue weighted by Gasteiger charge is -2.26. The molecular formula is C14H18N2O3S. The monoisotopic (exact) mass is 294 g/mol. The highest BCUT2D eigenvalue weighted by molar-refractivity contribution is 7.13. The molecule has 2 unspecified atom stereocenters. The molecule has 5 nitrogen and oxygen atoms in total. The van der Waals surface area contributed by atoms with Gasteiger partial charge in [-0.25, -0.2) is 4.98 Å². The van der Waals surface area contributed by atoms with Crippen molar-refractivity contribution in [3.05, 3.63) is 11.1 Å². The van der Waals surface area contributed by atoms with Crippen LogP contribution in [0.5, 0.6) is 0 Å². The largest absolute Gasteiger partial charge is 0.481 e. The minimum atomic E-state index is -0.859. The number of nitrogens with one attached hydrogen (secondary N) is 1. The van der Waals surface area contributed by atoms with E-state index in [4.69, 9.17) is 0 Å². The maximum atomic E-state index is 12.3. The fraction of sp³-hybridized carbons (Fsp3) is 0.643. The Kier molecular flexibility index (Phi) is 3.74. The van der Waals surface area contributed by atoms with Crippen LogP contribution in [0.3, 0.4) is 0 Å². The van der Waals surface area contributed by atoms with Gasteiger partial charge >= 0.3 is 5.97 Å². The van der Waals surface area contributed by atoms with Crippen molar-refractivity contribution in [1.82, 2.24) is 4.98 Å². The SMILES string of the molecule is O=C(O)C1CCCCC1C(=O)Nc1nc(C2CC2)cs1. The number of carboxylic acids is 1. The van der Waals surface area contributed by atoms with Crippen LogP contribution in [-0.2, 0) is 9.59 Å². The standard InChI is InChI=1S/C14H18N2O3S/c17-12(9-3-1-2-4-10(9)13(18)19)16-14-15-11(7-20-14)8-5-6-8/h7-10H,1-6H2,(H,18,19)(H,15,16,17). The highest BCUT2D eigenvalue weighted by Gasteiger charge is 2.36. The number of nitrogens with zero attached hydrogens (tertiary/aromatic N) is 1. The molecule has 0 bridgehead atoms. The molecule has 6 heteroatoms. The Morgan fingerprint density at radius 2 is 1.90 bits per heavy atom. The van der Waals surface area contributed by atoms with E-state index in [1.165, 1.54) is 24.2 Å². The summed E-state index contributed by atoms with van der Waals surface area (Å²) in [5.74, 6) is -1.45. The second kappa shape index (κ2) is 5.52. The summed E-state index contributed by atoms with van der Waals surface area (Å²) < 4.78 is 0. The Morgan fingerprint density at radius 3 is 2.55 bits per heavy atom. The summed E-state index contributed by atoms with van der Waals surface area (Å²) in [6.07, 6.45) is 5.43. The predicted octanol–water partition coefficient (Wildman–Crippen LogP) is 2.85. The number of carboxylic acid groups (broad SMARTS) is 1. The Labute approximate surface area is 121 Å². The van der Waals surface area contributed by atoms with Gasteiger partial charge in [0.05, 0.1) is 17.5 Å². The number of aromatic nitrogens is 1. The first kappa shape index (κ1) is 13.5. The number of carbonyl (C=O) groups is 2. The van der Waals surface area contributed by atoms with Crippen LogP contribution >= 0.6 is 11.3 Å². The normalized spacial score (nSPS) is 26.2. The zero-order valence-electron chi connectivity index (χ0n) is 11.2. The highest BCUT2D eigenvalue weighted by Crippen LogP contribution is 2.41. The molecule has 3 rings (SSSR count). The van der Waals surface area contributed by atoms with Gasteiger partial charge in [-0.05, 0) is 25.7 Å². The van der Waals surface area contributed by atoms with Gasteiger partial charge in [0.2, 0.25) is 5.91 Å². The van der Waals surface area contributed by atoms with Gasteiger partial charge in [0.25, 0.3) is 0 Å². The summed E-state index contributed by atoms with van der Waals surface area (Å²) in [5, 5.41) is 14.6. The van der Waals surface area contributed by atoms with E-state index in [-0.39, 0.29) is 5.91 Å². The van der Waals surface area contributed by atoms with Crippen molar-refractivity contribution in [3.63, 3.8) is 0 Å². The summed E-state index contributed by atoms with van der Waals surface area (Å²) in [6.45, 7) is 0. The first-order valence-corrected chi connectivity index (χ1v) is 8.02. The van der Waals surface area contributed by atoms with E-state index in [9.17, 15) is 14.7 Å². The van der Waals surface area contributed by atoms with Gasteiger partial charge in [0.1, 0.15) is 0 Å². The first-order valence-electron chi connectivity index (χ1n) is 7.14. The summed E-state index contributed by atoms with van der Waals surface area (Å²) in [4.78, 5) is 27.9. The number of aliphatic carboxylic acids is 1. The second-order valence-corrected chi connectivity index (χ2v) is 6.53. The third kappa shape index (κ3) is 2.85. The molecule has 2 atom stereocenters. The molecule has 0 radical (unpaired) electrons. The van der Waals surface area contributed by atoms with Gasteiger partial charge < -0.3 is 10.4 Å². The van der Waals surface area contributed by atoms with Crippen molar-refractivity contribution in [3.8, 4) is 0 Å². The van der Waals surface area contributed by atoms with Gasteiger partial charge in [0.15, 0.2) is 5.13 Å². The van der Waals surface area contributed by atoms with Crippen LogP contribution in [0, 0.1) is 11.8 Å². The van der Waals surface area contributed by atoms with Crippen LogP contribution in [0.2, 0.25) is 0 Å². The van der Waals surface area contributed by atoms with E-state index in [1.807, 2.05) is 5.38 Å². The molecule has 1 heterocycles.